The van der Waals surface area contributed by atoms with Crippen LogP contribution in [0.25, 0.3) is 0 Å². The van der Waals surface area contributed by atoms with Crippen molar-refractivity contribution in [2.45, 2.75) is 84.7 Å². The Labute approximate surface area is 216 Å². The summed E-state index contributed by atoms with van der Waals surface area (Å²) in [7, 11) is -4.43. The summed E-state index contributed by atoms with van der Waals surface area (Å²) in [6.07, 6.45) is 1.39. The SMILES string of the molecule is C/C(=C\[C@@H](O)[C@H](C)CO[Si](C)(C)C(C)(C)C)CO[Si](c1ccccc1)(c1ccccc1)C(C)(C)C. The molecule has 2 aromatic rings. The molecule has 0 radical (unpaired) electrons. The zero-order valence-corrected chi connectivity index (χ0v) is 25.7. The van der Waals surface area contributed by atoms with Crippen molar-refractivity contribution in [2.75, 3.05) is 13.2 Å². The Morgan fingerprint density at radius 1 is 0.829 bits per heavy atom. The quantitative estimate of drug-likeness (QED) is 0.291. The van der Waals surface area contributed by atoms with Crippen molar-refractivity contribution >= 4 is 27.0 Å². The minimum Gasteiger partial charge on any atom is -0.416 e. The van der Waals surface area contributed by atoms with Gasteiger partial charge in [-0.15, -0.1) is 0 Å². The average molecular weight is 513 g/mol. The first-order chi connectivity index (χ1) is 16.1. The Bertz CT molecular complexity index is 902. The highest BCUT2D eigenvalue weighted by molar-refractivity contribution is 6.99. The van der Waals surface area contributed by atoms with Gasteiger partial charge in [0.15, 0.2) is 8.32 Å². The van der Waals surface area contributed by atoms with Gasteiger partial charge in [0.2, 0.25) is 0 Å². The van der Waals surface area contributed by atoms with Gasteiger partial charge in [-0.25, -0.2) is 0 Å². The lowest BCUT2D eigenvalue weighted by atomic mass is 10.0. The van der Waals surface area contributed by atoms with Crippen molar-refractivity contribution in [1.82, 2.24) is 0 Å². The summed E-state index contributed by atoms with van der Waals surface area (Å²) in [5.41, 5.74) is 1.05. The third-order valence-electron chi connectivity index (χ3n) is 7.48. The molecule has 2 rings (SSSR count). The van der Waals surface area contributed by atoms with E-state index < -0.39 is 22.7 Å². The molecule has 0 saturated carbocycles. The molecular weight excluding hydrogens is 464 g/mol. The second-order valence-corrected chi connectivity index (χ2v) is 21.6. The summed E-state index contributed by atoms with van der Waals surface area (Å²) in [6, 6.07) is 21.4. The molecule has 0 aliphatic carbocycles. The lowest BCUT2D eigenvalue weighted by molar-refractivity contribution is 0.114. The van der Waals surface area contributed by atoms with E-state index in [1.54, 1.807) is 0 Å². The van der Waals surface area contributed by atoms with Crippen LogP contribution in [0.4, 0.5) is 0 Å². The fourth-order valence-corrected chi connectivity index (χ4v) is 9.85. The second-order valence-electron chi connectivity index (χ2n) is 12.5. The van der Waals surface area contributed by atoms with Crippen molar-refractivity contribution in [3.05, 3.63) is 72.3 Å². The Balaban J connectivity index is 2.25. The van der Waals surface area contributed by atoms with Gasteiger partial charge in [-0.05, 0) is 40.5 Å². The molecule has 5 heteroatoms. The van der Waals surface area contributed by atoms with Crippen molar-refractivity contribution in [1.29, 1.82) is 0 Å². The lowest BCUT2D eigenvalue weighted by Crippen LogP contribution is -2.66. The molecule has 0 bridgehead atoms. The van der Waals surface area contributed by atoms with Gasteiger partial charge in [0, 0.05) is 12.5 Å². The van der Waals surface area contributed by atoms with Gasteiger partial charge in [-0.2, -0.15) is 0 Å². The maximum absolute atomic E-state index is 10.9. The van der Waals surface area contributed by atoms with Gasteiger partial charge in [-0.1, -0.05) is 121 Å². The number of hydrogen-bond acceptors (Lipinski definition) is 3. The molecular formula is C30H48O3Si2. The molecule has 0 spiro atoms. The van der Waals surface area contributed by atoms with E-state index in [0.717, 1.165) is 5.57 Å². The van der Waals surface area contributed by atoms with Crippen LogP contribution in [-0.4, -0.2) is 41.1 Å². The van der Waals surface area contributed by atoms with E-state index in [-0.39, 0.29) is 16.0 Å². The number of aliphatic hydroxyl groups is 1. The van der Waals surface area contributed by atoms with Crippen molar-refractivity contribution < 1.29 is 14.0 Å². The average Bonchev–Trinajstić information content (AvgIpc) is 2.77. The fraction of sp³-hybridized carbons (Fsp3) is 0.533. The highest BCUT2D eigenvalue weighted by Crippen LogP contribution is 2.38. The highest BCUT2D eigenvalue weighted by atomic mass is 28.4. The Kier molecular flexibility index (Phi) is 9.93. The minimum absolute atomic E-state index is 0.0203. The van der Waals surface area contributed by atoms with E-state index in [9.17, 15) is 5.11 Å². The first-order valence-electron chi connectivity index (χ1n) is 12.9. The molecule has 0 heterocycles. The van der Waals surface area contributed by atoms with Crippen molar-refractivity contribution in [2.24, 2.45) is 5.92 Å². The molecule has 0 fully saturated rings. The molecule has 0 amide bonds. The van der Waals surface area contributed by atoms with Crippen LogP contribution in [0.5, 0.6) is 0 Å². The standard InChI is InChI=1S/C30H48O3Si2/c1-24(21-28(31)25(2)23-32-34(9,10)29(3,4)5)22-33-35(30(6,7)8,26-17-13-11-14-18-26)27-19-15-12-16-20-27/h11-21,25,28,31H,22-23H2,1-10H3/b24-21+/t25-,28-/m1/s1. The number of hydrogen-bond donors (Lipinski definition) is 1. The highest BCUT2D eigenvalue weighted by Gasteiger charge is 2.50. The molecule has 194 valence electrons. The Morgan fingerprint density at radius 3 is 1.69 bits per heavy atom. The number of rotatable bonds is 10. The van der Waals surface area contributed by atoms with Crippen LogP contribution in [0.1, 0.15) is 55.4 Å². The molecule has 2 atom stereocenters. The molecule has 2 aromatic carbocycles. The number of aliphatic hydroxyl groups excluding tert-OH is 1. The summed E-state index contributed by atoms with van der Waals surface area (Å²) in [5.74, 6) is 0.0203. The van der Waals surface area contributed by atoms with Crippen LogP contribution >= 0.6 is 0 Å². The van der Waals surface area contributed by atoms with Gasteiger partial charge in [-0.3, -0.25) is 0 Å². The Hall–Kier alpha value is -1.51. The van der Waals surface area contributed by atoms with Crippen LogP contribution in [-0.2, 0) is 8.85 Å². The van der Waals surface area contributed by atoms with Gasteiger partial charge < -0.3 is 14.0 Å². The van der Waals surface area contributed by atoms with Crippen molar-refractivity contribution in [3.63, 3.8) is 0 Å². The Morgan fingerprint density at radius 2 is 1.29 bits per heavy atom. The van der Waals surface area contributed by atoms with Crippen LogP contribution in [0.15, 0.2) is 72.3 Å². The topological polar surface area (TPSA) is 38.7 Å². The first kappa shape index (κ1) is 29.7. The molecule has 1 N–H and O–H groups in total. The smallest absolute Gasteiger partial charge is 0.261 e. The zero-order chi connectivity index (χ0) is 26.5. The first-order valence-corrected chi connectivity index (χ1v) is 17.7. The molecule has 3 nitrogen and oxygen atoms in total. The predicted octanol–water partition coefficient (Wildman–Crippen LogP) is 6.53. The molecule has 0 aliphatic rings. The van der Waals surface area contributed by atoms with Gasteiger partial charge in [0.1, 0.15) is 0 Å². The third-order valence-corrected chi connectivity index (χ3v) is 17.0. The van der Waals surface area contributed by atoms with E-state index in [4.69, 9.17) is 8.85 Å². The van der Waals surface area contributed by atoms with Crippen LogP contribution in [0, 0.1) is 5.92 Å². The van der Waals surface area contributed by atoms with E-state index >= 15 is 0 Å². The van der Waals surface area contributed by atoms with E-state index in [1.165, 1.54) is 10.4 Å². The summed E-state index contributed by atoms with van der Waals surface area (Å²) in [5, 5.41) is 13.5. The summed E-state index contributed by atoms with van der Waals surface area (Å²) >= 11 is 0. The molecule has 35 heavy (non-hydrogen) atoms. The van der Waals surface area contributed by atoms with E-state index in [2.05, 4.69) is 129 Å². The lowest BCUT2D eigenvalue weighted by Gasteiger charge is -2.43. The van der Waals surface area contributed by atoms with Crippen LogP contribution in [0.3, 0.4) is 0 Å². The second kappa shape index (κ2) is 11.7. The molecule has 0 saturated heterocycles. The minimum atomic E-state index is -2.59. The van der Waals surface area contributed by atoms with Gasteiger partial charge in [0.05, 0.1) is 12.7 Å². The maximum atomic E-state index is 10.9. The molecule has 0 aromatic heterocycles. The van der Waals surface area contributed by atoms with Crippen LogP contribution in [0.2, 0.25) is 23.2 Å². The summed E-state index contributed by atoms with van der Waals surface area (Å²) < 4.78 is 13.4. The third kappa shape index (κ3) is 7.26. The molecule has 0 unspecified atom stereocenters. The van der Waals surface area contributed by atoms with Crippen LogP contribution < -0.4 is 10.4 Å². The zero-order valence-electron chi connectivity index (χ0n) is 23.7. The van der Waals surface area contributed by atoms with Gasteiger partial charge >= 0.3 is 0 Å². The predicted molar refractivity (Wildman–Crippen MR) is 156 cm³/mol. The fourth-order valence-electron chi connectivity index (χ4n) is 4.14. The number of benzene rings is 2. The molecule has 0 aliphatic heterocycles. The van der Waals surface area contributed by atoms with E-state index in [0.29, 0.717) is 13.2 Å². The van der Waals surface area contributed by atoms with Crippen molar-refractivity contribution in [3.8, 4) is 0 Å². The van der Waals surface area contributed by atoms with E-state index in [1.807, 2.05) is 6.08 Å². The maximum Gasteiger partial charge on any atom is 0.261 e. The monoisotopic (exact) mass is 512 g/mol. The summed E-state index contributed by atoms with van der Waals surface area (Å²) in [4.78, 5) is 0. The normalized spacial score (nSPS) is 15.7. The largest absolute Gasteiger partial charge is 0.416 e. The summed E-state index contributed by atoms with van der Waals surface area (Å²) in [6.45, 7) is 23.3. The van der Waals surface area contributed by atoms with Gasteiger partial charge in [0.25, 0.3) is 8.32 Å².